The Morgan fingerprint density at radius 2 is 1.76 bits per heavy atom. The molecule has 0 spiro atoms. The van der Waals surface area contributed by atoms with E-state index in [1.165, 1.54) is 0 Å². The molecule has 2 rings (SSSR count). The van der Waals surface area contributed by atoms with Gasteiger partial charge in [0.2, 0.25) is 0 Å². The Bertz CT molecular complexity index is 474. The first kappa shape index (κ1) is 10.9. The highest BCUT2D eigenvalue weighted by Gasteiger charge is 2.02. The van der Waals surface area contributed by atoms with Crippen LogP contribution < -0.4 is 15.6 Å². The highest BCUT2D eigenvalue weighted by molar-refractivity contribution is 5.72. The molecule has 0 aliphatic heterocycles. The number of rotatable bonds is 3. The maximum Gasteiger partial charge on any atom is 0.431 e. The maximum absolute atomic E-state index is 11.4. The van der Waals surface area contributed by atoms with Crippen molar-refractivity contribution >= 4 is 11.8 Å². The number of nitrogens with one attached hydrogen (secondary N) is 2. The quantitative estimate of drug-likeness (QED) is 0.792. The zero-order valence-corrected chi connectivity index (χ0v) is 8.96. The lowest BCUT2D eigenvalue weighted by Crippen LogP contribution is -2.32. The Labute approximate surface area is 98.4 Å². The smallest absolute Gasteiger partial charge is 0.409 e. The molecule has 0 unspecified atom stereocenters. The minimum atomic E-state index is -0.576. The second kappa shape index (κ2) is 5.50. The standard InChI is InChI=1S/C12H11N3O2/c16-12(17-11-4-2-1-3-5-11)15-14-10-6-8-13-9-7-10/h1-9H,(H,13,14)(H,15,16). The third kappa shape index (κ3) is 3.49. The number of anilines is 1. The number of amides is 1. The fourth-order valence-electron chi connectivity index (χ4n) is 1.18. The summed E-state index contributed by atoms with van der Waals surface area (Å²) in [4.78, 5) is 15.2. The van der Waals surface area contributed by atoms with E-state index >= 15 is 0 Å². The second-order valence-corrected chi connectivity index (χ2v) is 3.19. The number of hydrogen-bond acceptors (Lipinski definition) is 4. The van der Waals surface area contributed by atoms with Crippen molar-refractivity contribution in [1.82, 2.24) is 10.4 Å². The molecule has 5 nitrogen and oxygen atoms in total. The summed E-state index contributed by atoms with van der Waals surface area (Å²) in [5.74, 6) is 0.488. The Hall–Kier alpha value is -2.56. The number of carbonyl (C=O) groups is 1. The minimum Gasteiger partial charge on any atom is -0.409 e. The number of benzene rings is 1. The van der Waals surface area contributed by atoms with Crippen molar-refractivity contribution in [2.24, 2.45) is 0 Å². The van der Waals surface area contributed by atoms with Crippen LogP contribution in [-0.2, 0) is 0 Å². The Morgan fingerprint density at radius 3 is 2.47 bits per heavy atom. The zero-order valence-electron chi connectivity index (χ0n) is 8.96. The van der Waals surface area contributed by atoms with Gasteiger partial charge in [-0.15, -0.1) is 0 Å². The normalized spacial score (nSPS) is 9.41. The van der Waals surface area contributed by atoms with Gasteiger partial charge in [-0.1, -0.05) is 18.2 Å². The monoisotopic (exact) mass is 229 g/mol. The molecule has 0 saturated carbocycles. The maximum atomic E-state index is 11.4. The van der Waals surface area contributed by atoms with Gasteiger partial charge in [-0.25, -0.2) is 10.2 Å². The first-order valence-electron chi connectivity index (χ1n) is 5.03. The SMILES string of the molecule is O=C(NNc1ccncc1)Oc1ccccc1. The van der Waals surface area contributed by atoms with E-state index in [2.05, 4.69) is 15.8 Å². The fourth-order valence-corrected chi connectivity index (χ4v) is 1.18. The van der Waals surface area contributed by atoms with Crippen LogP contribution in [0.25, 0.3) is 0 Å². The van der Waals surface area contributed by atoms with E-state index in [1.807, 2.05) is 6.07 Å². The summed E-state index contributed by atoms with van der Waals surface area (Å²) in [6.07, 6.45) is 2.66. The van der Waals surface area contributed by atoms with E-state index in [0.29, 0.717) is 5.75 Å². The summed E-state index contributed by atoms with van der Waals surface area (Å²) in [7, 11) is 0. The lowest BCUT2D eigenvalue weighted by atomic mass is 10.3. The fraction of sp³-hybridized carbons (Fsp3) is 0. The van der Waals surface area contributed by atoms with Crippen molar-refractivity contribution in [3.63, 3.8) is 0 Å². The molecule has 2 N–H and O–H groups in total. The van der Waals surface area contributed by atoms with E-state index in [1.54, 1.807) is 48.8 Å². The molecule has 0 saturated heterocycles. The number of carbonyl (C=O) groups excluding carboxylic acids is 1. The Morgan fingerprint density at radius 1 is 1.06 bits per heavy atom. The van der Waals surface area contributed by atoms with Gasteiger partial charge in [0.1, 0.15) is 5.75 Å². The van der Waals surface area contributed by atoms with Gasteiger partial charge in [-0.05, 0) is 24.3 Å². The van der Waals surface area contributed by atoms with Crippen LogP contribution in [0.1, 0.15) is 0 Å². The average molecular weight is 229 g/mol. The summed E-state index contributed by atoms with van der Waals surface area (Å²) < 4.78 is 5.01. The molecular formula is C12H11N3O2. The van der Waals surface area contributed by atoms with Crippen LogP contribution in [0.2, 0.25) is 0 Å². The summed E-state index contributed by atoms with van der Waals surface area (Å²) >= 11 is 0. The number of para-hydroxylation sites is 1. The third-order valence-corrected chi connectivity index (χ3v) is 1.94. The van der Waals surface area contributed by atoms with Crippen LogP contribution in [0.4, 0.5) is 10.5 Å². The lowest BCUT2D eigenvalue weighted by Gasteiger charge is -2.08. The first-order chi connectivity index (χ1) is 8.34. The van der Waals surface area contributed by atoms with Gasteiger partial charge >= 0.3 is 6.09 Å². The van der Waals surface area contributed by atoms with Crippen molar-refractivity contribution in [3.05, 3.63) is 54.9 Å². The minimum absolute atomic E-state index is 0.488. The predicted molar refractivity (Wildman–Crippen MR) is 63.5 cm³/mol. The van der Waals surface area contributed by atoms with Gasteiger partial charge in [0.05, 0.1) is 5.69 Å². The molecule has 17 heavy (non-hydrogen) atoms. The van der Waals surface area contributed by atoms with E-state index in [9.17, 15) is 4.79 Å². The van der Waals surface area contributed by atoms with Gasteiger partial charge in [-0.3, -0.25) is 10.4 Å². The molecule has 0 fully saturated rings. The highest BCUT2D eigenvalue weighted by atomic mass is 16.6. The molecule has 2 aromatic rings. The molecule has 0 bridgehead atoms. The molecule has 0 radical (unpaired) electrons. The lowest BCUT2D eigenvalue weighted by molar-refractivity contribution is 0.203. The number of ether oxygens (including phenoxy) is 1. The van der Waals surface area contributed by atoms with Gasteiger partial charge in [0, 0.05) is 12.4 Å². The molecule has 0 aliphatic rings. The summed E-state index contributed by atoms with van der Waals surface area (Å²) in [5, 5.41) is 0. The molecule has 5 heteroatoms. The average Bonchev–Trinajstić information content (AvgIpc) is 2.39. The van der Waals surface area contributed by atoms with Crippen LogP contribution in [0.15, 0.2) is 54.9 Å². The van der Waals surface area contributed by atoms with Gasteiger partial charge in [0.15, 0.2) is 0 Å². The molecule has 1 amide bonds. The number of aromatic nitrogens is 1. The van der Waals surface area contributed by atoms with Crippen LogP contribution >= 0.6 is 0 Å². The highest BCUT2D eigenvalue weighted by Crippen LogP contribution is 2.08. The zero-order chi connectivity index (χ0) is 11.9. The molecule has 1 heterocycles. The molecule has 86 valence electrons. The first-order valence-corrected chi connectivity index (χ1v) is 5.03. The van der Waals surface area contributed by atoms with Crippen LogP contribution in [0.5, 0.6) is 5.75 Å². The van der Waals surface area contributed by atoms with Crippen LogP contribution in [-0.4, -0.2) is 11.1 Å². The van der Waals surface area contributed by atoms with Gasteiger partial charge in [-0.2, -0.15) is 0 Å². The van der Waals surface area contributed by atoms with Crippen molar-refractivity contribution in [1.29, 1.82) is 0 Å². The van der Waals surface area contributed by atoms with Crippen molar-refractivity contribution in [2.45, 2.75) is 0 Å². The topological polar surface area (TPSA) is 63.2 Å². The second-order valence-electron chi connectivity index (χ2n) is 3.19. The summed E-state index contributed by atoms with van der Waals surface area (Å²) in [6.45, 7) is 0. The largest absolute Gasteiger partial charge is 0.431 e. The van der Waals surface area contributed by atoms with Crippen LogP contribution in [0.3, 0.4) is 0 Å². The van der Waals surface area contributed by atoms with Gasteiger partial charge < -0.3 is 4.74 Å². The van der Waals surface area contributed by atoms with Crippen molar-refractivity contribution < 1.29 is 9.53 Å². The number of hydrogen-bond donors (Lipinski definition) is 2. The van der Waals surface area contributed by atoms with Crippen molar-refractivity contribution in [3.8, 4) is 5.75 Å². The molecular weight excluding hydrogens is 218 g/mol. The Balaban J connectivity index is 1.83. The predicted octanol–water partition coefficient (Wildman–Crippen LogP) is 2.20. The Kier molecular flexibility index (Phi) is 3.54. The third-order valence-electron chi connectivity index (χ3n) is 1.94. The summed E-state index contributed by atoms with van der Waals surface area (Å²) in [6, 6.07) is 12.3. The van der Waals surface area contributed by atoms with E-state index < -0.39 is 6.09 Å². The van der Waals surface area contributed by atoms with E-state index in [-0.39, 0.29) is 0 Å². The molecule has 0 atom stereocenters. The number of pyridine rings is 1. The van der Waals surface area contributed by atoms with Crippen molar-refractivity contribution in [2.75, 3.05) is 5.43 Å². The van der Waals surface area contributed by atoms with Crippen LogP contribution in [0, 0.1) is 0 Å². The van der Waals surface area contributed by atoms with E-state index in [4.69, 9.17) is 4.74 Å². The summed E-state index contributed by atoms with van der Waals surface area (Å²) in [5.41, 5.74) is 5.84. The number of hydrazine groups is 1. The van der Waals surface area contributed by atoms with Gasteiger partial charge in [0.25, 0.3) is 0 Å². The molecule has 0 aliphatic carbocycles. The number of nitrogens with zero attached hydrogens (tertiary/aromatic N) is 1. The molecule has 1 aromatic carbocycles. The van der Waals surface area contributed by atoms with E-state index in [0.717, 1.165) is 5.69 Å². The molecule has 1 aromatic heterocycles.